The van der Waals surface area contributed by atoms with E-state index in [0.717, 1.165) is 61.7 Å². The summed E-state index contributed by atoms with van der Waals surface area (Å²) in [7, 11) is 0. The minimum Gasteiger partial charge on any atom is -0.341 e. The highest BCUT2D eigenvalue weighted by Crippen LogP contribution is 2.13. The van der Waals surface area contributed by atoms with Crippen molar-refractivity contribution in [2.75, 3.05) is 26.2 Å². The van der Waals surface area contributed by atoms with Gasteiger partial charge in [-0.2, -0.15) is 5.10 Å². The first-order valence-electron chi connectivity index (χ1n) is 9.10. The normalized spacial score (nSPS) is 16.1. The second-order valence-electron chi connectivity index (χ2n) is 6.90. The van der Waals surface area contributed by atoms with E-state index < -0.39 is 0 Å². The van der Waals surface area contributed by atoms with Crippen LogP contribution in [0.2, 0.25) is 0 Å². The van der Waals surface area contributed by atoms with E-state index in [0.29, 0.717) is 6.42 Å². The van der Waals surface area contributed by atoms with Crippen molar-refractivity contribution >= 4 is 11.6 Å². The molecule has 3 aromatic rings. The first kappa shape index (κ1) is 16.8. The van der Waals surface area contributed by atoms with Gasteiger partial charge in [0.1, 0.15) is 5.65 Å². The Balaban J connectivity index is 1.39. The van der Waals surface area contributed by atoms with E-state index >= 15 is 0 Å². The molecule has 3 aromatic heterocycles. The Hall–Kier alpha value is -2.67. The fourth-order valence-corrected chi connectivity index (χ4v) is 3.59. The molecular formula is C19H24N6O. The van der Waals surface area contributed by atoms with Gasteiger partial charge in [-0.15, -0.1) is 0 Å². The maximum atomic E-state index is 12.8. The van der Waals surface area contributed by atoms with Gasteiger partial charge >= 0.3 is 0 Å². The Morgan fingerprint density at radius 2 is 2.15 bits per heavy atom. The lowest BCUT2D eigenvalue weighted by Crippen LogP contribution is -2.36. The van der Waals surface area contributed by atoms with Crippen LogP contribution in [0.25, 0.3) is 5.65 Å². The van der Waals surface area contributed by atoms with Crippen molar-refractivity contribution in [2.45, 2.75) is 26.3 Å². The second-order valence-corrected chi connectivity index (χ2v) is 6.90. The second kappa shape index (κ2) is 7.29. The van der Waals surface area contributed by atoms with Crippen LogP contribution in [-0.2, 0) is 17.8 Å². The van der Waals surface area contributed by atoms with E-state index in [1.165, 1.54) is 0 Å². The zero-order valence-corrected chi connectivity index (χ0v) is 15.1. The number of aryl methyl sites for hydroxylation is 1. The van der Waals surface area contributed by atoms with Crippen molar-refractivity contribution in [2.24, 2.45) is 0 Å². The van der Waals surface area contributed by atoms with Crippen LogP contribution in [0.4, 0.5) is 0 Å². The summed E-state index contributed by atoms with van der Waals surface area (Å²) in [6.45, 7) is 6.36. The zero-order valence-electron chi connectivity index (χ0n) is 15.1. The molecule has 0 radical (unpaired) electrons. The number of amides is 1. The molecule has 1 N–H and O–H groups in total. The molecule has 4 heterocycles. The SMILES string of the molecule is Cc1cccn2c(CC(=O)N3CCCN(Cc4ccn[nH]4)CC3)cnc12. The zero-order chi connectivity index (χ0) is 17.9. The summed E-state index contributed by atoms with van der Waals surface area (Å²) >= 11 is 0. The van der Waals surface area contributed by atoms with Crippen LogP contribution in [-0.4, -0.2) is 61.5 Å². The van der Waals surface area contributed by atoms with Gasteiger partial charge in [-0.25, -0.2) is 4.98 Å². The van der Waals surface area contributed by atoms with Gasteiger partial charge < -0.3 is 9.30 Å². The number of hydrogen-bond acceptors (Lipinski definition) is 4. The summed E-state index contributed by atoms with van der Waals surface area (Å²) in [6, 6.07) is 6.04. The minimum atomic E-state index is 0.177. The topological polar surface area (TPSA) is 69.5 Å². The van der Waals surface area contributed by atoms with Crippen molar-refractivity contribution < 1.29 is 4.79 Å². The van der Waals surface area contributed by atoms with Crippen LogP contribution in [0.3, 0.4) is 0 Å². The Kier molecular flexibility index (Phi) is 4.71. The number of carbonyl (C=O) groups excluding carboxylic acids is 1. The summed E-state index contributed by atoms with van der Waals surface area (Å²) in [5.74, 6) is 0.177. The Morgan fingerprint density at radius 3 is 3.00 bits per heavy atom. The lowest BCUT2D eigenvalue weighted by molar-refractivity contribution is -0.130. The first-order valence-corrected chi connectivity index (χ1v) is 9.10. The molecule has 7 heteroatoms. The highest BCUT2D eigenvalue weighted by Gasteiger charge is 2.20. The molecule has 1 aliphatic rings. The minimum absolute atomic E-state index is 0.177. The summed E-state index contributed by atoms with van der Waals surface area (Å²) in [5.41, 5.74) is 4.12. The van der Waals surface area contributed by atoms with Gasteiger partial charge in [-0.3, -0.25) is 14.8 Å². The van der Waals surface area contributed by atoms with Crippen molar-refractivity contribution in [3.05, 3.63) is 53.7 Å². The molecule has 4 rings (SSSR count). The van der Waals surface area contributed by atoms with Crippen LogP contribution < -0.4 is 0 Å². The molecule has 0 unspecified atom stereocenters. The predicted octanol–water partition coefficient (Wildman–Crippen LogP) is 1.64. The number of nitrogens with one attached hydrogen (secondary N) is 1. The number of aromatic nitrogens is 4. The molecule has 0 spiro atoms. The number of hydrogen-bond donors (Lipinski definition) is 1. The smallest absolute Gasteiger partial charge is 0.228 e. The monoisotopic (exact) mass is 352 g/mol. The number of carbonyl (C=O) groups is 1. The molecule has 1 amide bonds. The molecule has 1 fully saturated rings. The average Bonchev–Trinajstić information content (AvgIpc) is 3.22. The van der Waals surface area contributed by atoms with Crippen LogP contribution in [0, 0.1) is 6.92 Å². The van der Waals surface area contributed by atoms with Gasteiger partial charge in [-0.05, 0) is 31.0 Å². The van der Waals surface area contributed by atoms with Gasteiger partial charge in [0, 0.05) is 57.0 Å². The van der Waals surface area contributed by atoms with E-state index in [1.54, 1.807) is 6.20 Å². The van der Waals surface area contributed by atoms with Crippen molar-refractivity contribution in [3.8, 4) is 0 Å². The molecular weight excluding hydrogens is 328 g/mol. The Labute approximate surface area is 152 Å². The molecule has 0 aliphatic carbocycles. The fraction of sp³-hybridized carbons (Fsp3) is 0.421. The number of nitrogens with zero attached hydrogens (tertiary/aromatic N) is 5. The summed E-state index contributed by atoms with van der Waals surface area (Å²) in [6.07, 6.45) is 6.97. The van der Waals surface area contributed by atoms with E-state index in [1.807, 2.05) is 46.8 Å². The molecule has 26 heavy (non-hydrogen) atoms. The van der Waals surface area contributed by atoms with Crippen molar-refractivity contribution in [1.29, 1.82) is 0 Å². The van der Waals surface area contributed by atoms with Crippen LogP contribution in [0.5, 0.6) is 0 Å². The highest BCUT2D eigenvalue weighted by atomic mass is 16.2. The molecule has 0 bridgehead atoms. The number of aromatic amines is 1. The molecule has 0 aromatic carbocycles. The van der Waals surface area contributed by atoms with Crippen LogP contribution in [0.1, 0.15) is 23.4 Å². The Bertz CT molecular complexity index is 885. The largest absolute Gasteiger partial charge is 0.341 e. The molecule has 0 atom stereocenters. The average molecular weight is 352 g/mol. The number of H-pyrrole nitrogens is 1. The van der Waals surface area contributed by atoms with Crippen LogP contribution in [0.15, 0.2) is 36.8 Å². The summed E-state index contributed by atoms with van der Waals surface area (Å²) in [4.78, 5) is 21.6. The molecule has 7 nitrogen and oxygen atoms in total. The first-order chi connectivity index (χ1) is 12.7. The highest BCUT2D eigenvalue weighted by molar-refractivity contribution is 5.78. The maximum absolute atomic E-state index is 12.8. The van der Waals surface area contributed by atoms with Gasteiger partial charge in [0.15, 0.2) is 0 Å². The van der Waals surface area contributed by atoms with E-state index in [9.17, 15) is 4.79 Å². The van der Waals surface area contributed by atoms with Gasteiger partial charge in [0.2, 0.25) is 5.91 Å². The van der Waals surface area contributed by atoms with Crippen LogP contribution >= 0.6 is 0 Å². The van der Waals surface area contributed by atoms with Gasteiger partial charge in [0.25, 0.3) is 0 Å². The molecule has 136 valence electrons. The molecule has 1 saturated heterocycles. The van der Waals surface area contributed by atoms with E-state index in [-0.39, 0.29) is 5.91 Å². The maximum Gasteiger partial charge on any atom is 0.228 e. The third-order valence-corrected chi connectivity index (χ3v) is 5.03. The van der Waals surface area contributed by atoms with E-state index in [2.05, 4.69) is 20.1 Å². The van der Waals surface area contributed by atoms with Crippen molar-refractivity contribution in [1.82, 2.24) is 29.4 Å². The quantitative estimate of drug-likeness (QED) is 0.775. The van der Waals surface area contributed by atoms with Crippen molar-refractivity contribution in [3.63, 3.8) is 0 Å². The number of fused-ring (bicyclic) bond motifs is 1. The Morgan fingerprint density at radius 1 is 1.23 bits per heavy atom. The number of imidazole rings is 1. The van der Waals surface area contributed by atoms with E-state index in [4.69, 9.17) is 0 Å². The molecule has 0 saturated carbocycles. The molecule has 1 aliphatic heterocycles. The number of rotatable bonds is 4. The van der Waals surface area contributed by atoms with Gasteiger partial charge in [-0.1, -0.05) is 6.07 Å². The standard InChI is InChI=1S/C19H24N6O/c1-15-4-2-9-25-17(13-20-19(15)25)12-18(26)24-8-3-7-23(10-11-24)14-16-5-6-21-22-16/h2,4-6,9,13H,3,7-8,10-12,14H2,1H3,(H,21,22). The lowest BCUT2D eigenvalue weighted by Gasteiger charge is -2.21. The summed E-state index contributed by atoms with van der Waals surface area (Å²) < 4.78 is 2.02. The fourth-order valence-electron chi connectivity index (χ4n) is 3.59. The van der Waals surface area contributed by atoms with Gasteiger partial charge in [0.05, 0.1) is 12.1 Å². The number of pyridine rings is 1. The third-order valence-electron chi connectivity index (χ3n) is 5.03. The lowest BCUT2D eigenvalue weighted by atomic mass is 10.2. The summed E-state index contributed by atoms with van der Waals surface area (Å²) in [5, 5.41) is 7.01. The third kappa shape index (κ3) is 3.48. The predicted molar refractivity (Wildman–Crippen MR) is 98.7 cm³/mol.